The van der Waals surface area contributed by atoms with Gasteiger partial charge in [-0.1, -0.05) is 31.0 Å². The first-order valence-corrected chi connectivity index (χ1v) is 6.86. The first kappa shape index (κ1) is 13.9. The molecule has 0 aromatic heterocycles. The quantitative estimate of drug-likeness (QED) is 0.704. The van der Waals surface area contributed by atoms with Gasteiger partial charge >= 0.3 is 0 Å². The number of aliphatic hydroxyl groups is 1. The highest BCUT2D eigenvalue weighted by Crippen LogP contribution is 2.36. The number of anilines is 1. The van der Waals surface area contributed by atoms with E-state index in [0.29, 0.717) is 18.7 Å². The second kappa shape index (κ2) is 6.06. The first-order chi connectivity index (χ1) is 9.15. The van der Waals surface area contributed by atoms with Crippen LogP contribution in [0, 0.1) is 5.41 Å². The number of carbonyl (C=O) groups excluding carboxylic acids is 1. The SMILES string of the molecule is Nc1ccccc1CC(=O)NCC1(CO)CCCC1. The van der Waals surface area contributed by atoms with Gasteiger partial charge < -0.3 is 16.2 Å². The van der Waals surface area contributed by atoms with E-state index in [9.17, 15) is 9.90 Å². The number of carbonyl (C=O) groups is 1. The molecular weight excluding hydrogens is 240 g/mol. The molecule has 0 heterocycles. The highest BCUT2D eigenvalue weighted by Gasteiger charge is 2.33. The van der Waals surface area contributed by atoms with Crippen LogP contribution in [0.15, 0.2) is 24.3 Å². The topological polar surface area (TPSA) is 75.4 Å². The zero-order valence-electron chi connectivity index (χ0n) is 11.2. The Morgan fingerprint density at radius 2 is 2.00 bits per heavy atom. The average Bonchev–Trinajstić information content (AvgIpc) is 2.89. The Morgan fingerprint density at radius 1 is 1.32 bits per heavy atom. The van der Waals surface area contributed by atoms with Gasteiger partial charge in [0.05, 0.1) is 13.0 Å². The summed E-state index contributed by atoms with van der Waals surface area (Å²) in [6.45, 7) is 0.718. The molecule has 4 heteroatoms. The predicted octanol–water partition coefficient (Wildman–Crippen LogP) is 1.48. The van der Waals surface area contributed by atoms with Crippen LogP contribution >= 0.6 is 0 Å². The molecule has 0 bridgehead atoms. The lowest BCUT2D eigenvalue weighted by Crippen LogP contribution is -2.39. The Hall–Kier alpha value is -1.55. The van der Waals surface area contributed by atoms with Crippen molar-refractivity contribution in [3.63, 3.8) is 0 Å². The van der Waals surface area contributed by atoms with Gasteiger partial charge in [-0.05, 0) is 24.5 Å². The monoisotopic (exact) mass is 262 g/mol. The predicted molar refractivity (Wildman–Crippen MR) is 75.6 cm³/mol. The van der Waals surface area contributed by atoms with Gasteiger partial charge in [0.1, 0.15) is 0 Å². The van der Waals surface area contributed by atoms with Gasteiger partial charge in [0.15, 0.2) is 0 Å². The number of aliphatic hydroxyl groups excluding tert-OH is 1. The maximum atomic E-state index is 11.9. The number of hydrogen-bond donors (Lipinski definition) is 3. The molecule has 0 saturated heterocycles. The van der Waals surface area contributed by atoms with E-state index in [-0.39, 0.29) is 17.9 Å². The lowest BCUT2D eigenvalue weighted by Gasteiger charge is -2.26. The van der Waals surface area contributed by atoms with Gasteiger partial charge in [0.25, 0.3) is 0 Å². The third-order valence-electron chi connectivity index (χ3n) is 4.07. The van der Waals surface area contributed by atoms with Crippen molar-refractivity contribution in [1.29, 1.82) is 0 Å². The van der Waals surface area contributed by atoms with E-state index < -0.39 is 0 Å². The number of rotatable bonds is 5. The van der Waals surface area contributed by atoms with Gasteiger partial charge in [-0.3, -0.25) is 4.79 Å². The highest BCUT2D eigenvalue weighted by atomic mass is 16.3. The van der Waals surface area contributed by atoms with Crippen LogP contribution < -0.4 is 11.1 Å². The molecule has 0 aliphatic heterocycles. The molecule has 1 amide bonds. The summed E-state index contributed by atoms with van der Waals surface area (Å²) in [4.78, 5) is 11.9. The minimum atomic E-state index is -0.0993. The van der Waals surface area contributed by atoms with E-state index in [1.807, 2.05) is 18.2 Å². The number of para-hydroxylation sites is 1. The Morgan fingerprint density at radius 3 is 2.63 bits per heavy atom. The summed E-state index contributed by atoms with van der Waals surface area (Å²) in [6.07, 6.45) is 4.58. The maximum absolute atomic E-state index is 11.9. The lowest BCUT2D eigenvalue weighted by atomic mass is 9.87. The van der Waals surface area contributed by atoms with Gasteiger partial charge in [-0.25, -0.2) is 0 Å². The van der Waals surface area contributed by atoms with Crippen molar-refractivity contribution in [2.24, 2.45) is 5.41 Å². The zero-order chi connectivity index (χ0) is 13.7. The molecule has 0 atom stereocenters. The van der Waals surface area contributed by atoms with E-state index in [2.05, 4.69) is 5.32 Å². The van der Waals surface area contributed by atoms with E-state index in [4.69, 9.17) is 5.73 Å². The fourth-order valence-electron chi connectivity index (χ4n) is 2.73. The summed E-state index contributed by atoms with van der Waals surface area (Å²) in [5, 5.41) is 12.4. The summed E-state index contributed by atoms with van der Waals surface area (Å²) in [5.74, 6) is -0.0300. The molecule has 4 nitrogen and oxygen atoms in total. The molecule has 4 N–H and O–H groups in total. The normalized spacial score (nSPS) is 17.3. The molecule has 1 fully saturated rings. The zero-order valence-corrected chi connectivity index (χ0v) is 11.2. The second-order valence-corrected chi connectivity index (χ2v) is 5.52. The van der Waals surface area contributed by atoms with Crippen LogP contribution in [-0.2, 0) is 11.2 Å². The number of nitrogen functional groups attached to an aromatic ring is 1. The van der Waals surface area contributed by atoms with Crippen molar-refractivity contribution >= 4 is 11.6 Å². The molecule has 19 heavy (non-hydrogen) atoms. The van der Waals surface area contributed by atoms with Gasteiger partial charge in [0.2, 0.25) is 5.91 Å². The molecule has 0 radical (unpaired) electrons. The minimum absolute atomic E-state index is 0.0300. The summed E-state index contributed by atoms with van der Waals surface area (Å²) < 4.78 is 0. The highest BCUT2D eigenvalue weighted by molar-refractivity contribution is 5.80. The third-order valence-corrected chi connectivity index (χ3v) is 4.07. The van der Waals surface area contributed by atoms with Crippen molar-refractivity contribution in [1.82, 2.24) is 5.32 Å². The molecule has 1 aromatic carbocycles. The fourth-order valence-corrected chi connectivity index (χ4v) is 2.73. The summed E-state index contributed by atoms with van der Waals surface area (Å²) in [5.41, 5.74) is 7.22. The maximum Gasteiger partial charge on any atom is 0.224 e. The van der Waals surface area contributed by atoms with Crippen molar-refractivity contribution in [3.05, 3.63) is 29.8 Å². The molecule has 0 spiro atoms. The Labute approximate surface area is 114 Å². The van der Waals surface area contributed by atoms with Gasteiger partial charge in [-0.15, -0.1) is 0 Å². The van der Waals surface area contributed by atoms with Crippen LogP contribution in [-0.4, -0.2) is 24.2 Å². The number of hydrogen-bond acceptors (Lipinski definition) is 3. The van der Waals surface area contributed by atoms with Crippen molar-refractivity contribution in [2.45, 2.75) is 32.1 Å². The van der Waals surface area contributed by atoms with Crippen LogP contribution in [0.25, 0.3) is 0 Å². The third kappa shape index (κ3) is 3.47. The molecule has 1 saturated carbocycles. The largest absolute Gasteiger partial charge is 0.398 e. The van der Waals surface area contributed by atoms with Crippen LogP contribution in [0.2, 0.25) is 0 Å². The number of benzene rings is 1. The Bertz CT molecular complexity index is 440. The van der Waals surface area contributed by atoms with Crippen LogP contribution in [0.1, 0.15) is 31.2 Å². The van der Waals surface area contributed by atoms with Crippen LogP contribution in [0.3, 0.4) is 0 Å². The summed E-state index contributed by atoms with van der Waals surface area (Å²) >= 11 is 0. The molecule has 1 aromatic rings. The van der Waals surface area contributed by atoms with E-state index >= 15 is 0 Å². The minimum Gasteiger partial charge on any atom is -0.398 e. The van der Waals surface area contributed by atoms with Crippen LogP contribution in [0.4, 0.5) is 5.69 Å². The second-order valence-electron chi connectivity index (χ2n) is 5.52. The lowest BCUT2D eigenvalue weighted by molar-refractivity contribution is -0.121. The van der Waals surface area contributed by atoms with E-state index in [1.54, 1.807) is 6.07 Å². The van der Waals surface area contributed by atoms with E-state index in [0.717, 1.165) is 31.2 Å². The summed E-state index contributed by atoms with van der Waals surface area (Å²) in [7, 11) is 0. The number of nitrogens with two attached hydrogens (primary N) is 1. The molecule has 1 aliphatic rings. The van der Waals surface area contributed by atoms with Gasteiger partial charge in [0, 0.05) is 17.6 Å². The van der Waals surface area contributed by atoms with Crippen molar-refractivity contribution in [3.8, 4) is 0 Å². The Kier molecular flexibility index (Phi) is 4.43. The first-order valence-electron chi connectivity index (χ1n) is 6.86. The number of nitrogens with one attached hydrogen (secondary N) is 1. The fraction of sp³-hybridized carbons (Fsp3) is 0.533. The van der Waals surface area contributed by atoms with Gasteiger partial charge in [-0.2, -0.15) is 0 Å². The molecular formula is C15H22N2O2. The molecule has 0 unspecified atom stereocenters. The van der Waals surface area contributed by atoms with Crippen molar-refractivity contribution < 1.29 is 9.90 Å². The van der Waals surface area contributed by atoms with E-state index in [1.165, 1.54) is 0 Å². The number of amides is 1. The average molecular weight is 262 g/mol. The molecule has 1 aliphatic carbocycles. The molecule has 2 rings (SSSR count). The summed E-state index contributed by atoms with van der Waals surface area (Å²) in [6, 6.07) is 7.41. The van der Waals surface area contributed by atoms with Crippen molar-refractivity contribution in [2.75, 3.05) is 18.9 Å². The molecule has 104 valence electrons. The standard InChI is InChI=1S/C15H22N2O2/c16-13-6-2-1-5-12(13)9-14(19)17-10-15(11-18)7-3-4-8-15/h1-2,5-6,18H,3-4,7-11,16H2,(H,17,19). The smallest absolute Gasteiger partial charge is 0.224 e. The van der Waals surface area contributed by atoms with Crippen LogP contribution in [0.5, 0.6) is 0 Å². The Balaban J connectivity index is 1.86.